The maximum Gasteiger partial charge on any atom is 0.330 e. The number of ether oxygens (including phenoxy) is 1. The third-order valence-electron chi connectivity index (χ3n) is 5.72. The molecule has 188 valence electrons. The van der Waals surface area contributed by atoms with Gasteiger partial charge in [-0.1, -0.05) is 76.9 Å². The Labute approximate surface area is 226 Å². The van der Waals surface area contributed by atoms with Crippen molar-refractivity contribution in [2.24, 2.45) is 7.05 Å². The number of esters is 1. The third-order valence-corrected chi connectivity index (χ3v) is 9.27. The number of thioether (sulfide) groups is 2. The lowest BCUT2D eigenvalue weighted by atomic mass is 9.95. The van der Waals surface area contributed by atoms with Crippen molar-refractivity contribution in [1.82, 2.24) is 19.8 Å². The monoisotopic (exact) mass is 576 g/mol. The van der Waals surface area contributed by atoms with Gasteiger partial charge in [0.15, 0.2) is 5.16 Å². The van der Waals surface area contributed by atoms with Crippen LogP contribution in [0.15, 0.2) is 47.9 Å². The van der Waals surface area contributed by atoms with E-state index < -0.39 is 38.6 Å². The van der Waals surface area contributed by atoms with Crippen molar-refractivity contribution >= 4 is 76.1 Å². The van der Waals surface area contributed by atoms with Crippen LogP contribution in [0.25, 0.3) is 0 Å². The van der Waals surface area contributed by atoms with Crippen LogP contribution in [0.2, 0.25) is 0 Å². The number of aryl methyl sites for hydroxylation is 1. The SMILES string of the molecule is Cn1ccnc1SCC1(C)S[C@H]2C(NC(=O)Cc3ccccc3)C(=O)N2C1C(=O)OCC(Cl)(Cl)Cl. The first kappa shape index (κ1) is 26.5. The third kappa shape index (κ3) is 5.88. The summed E-state index contributed by atoms with van der Waals surface area (Å²) >= 11 is 20.2. The van der Waals surface area contributed by atoms with Crippen LogP contribution in [0, 0.1) is 0 Å². The van der Waals surface area contributed by atoms with Crippen molar-refractivity contribution < 1.29 is 19.1 Å². The fraction of sp³-hybridized carbons (Fsp3) is 0.455. The predicted molar refractivity (Wildman–Crippen MR) is 138 cm³/mol. The number of hydrogen-bond acceptors (Lipinski definition) is 7. The van der Waals surface area contributed by atoms with E-state index in [1.165, 1.54) is 28.4 Å². The van der Waals surface area contributed by atoms with Gasteiger partial charge in [-0.05, 0) is 12.5 Å². The summed E-state index contributed by atoms with van der Waals surface area (Å²) in [5, 5.41) is 3.18. The maximum atomic E-state index is 13.1. The minimum absolute atomic E-state index is 0.156. The summed E-state index contributed by atoms with van der Waals surface area (Å²) in [7, 11) is 1.88. The average molecular weight is 578 g/mol. The number of nitrogens with zero attached hydrogens (tertiary/aromatic N) is 3. The van der Waals surface area contributed by atoms with Crippen molar-refractivity contribution in [3.63, 3.8) is 0 Å². The van der Waals surface area contributed by atoms with Crippen LogP contribution in [0.1, 0.15) is 12.5 Å². The fourth-order valence-corrected chi connectivity index (χ4v) is 7.20. The molecule has 1 aromatic carbocycles. The van der Waals surface area contributed by atoms with E-state index in [2.05, 4.69) is 10.3 Å². The topological polar surface area (TPSA) is 93.5 Å². The van der Waals surface area contributed by atoms with E-state index >= 15 is 0 Å². The number of fused-ring (bicyclic) bond motifs is 1. The van der Waals surface area contributed by atoms with Crippen molar-refractivity contribution in [2.75, 3.05) is 12.4 Å². The molecule has 1 N–H and O–H groups in total. The van der Waals surface area contributed by atoms with Gasteiger partial charge in [0.1, 0.15) is 24.1 Å². The van der Waals surface area contributed by atoms with Crippen LogP contribution < -0.4 is 5.32 Å². The normalized spacial score (nSPS) is 25.7. The highest BCUT2D eigenvalue weighted by Gasteiger charge is 2.66. The van der Waals surface area contributed by atoms with E-state index in [-0.39, 0.29) is 18.2 Å². The van der Waals surface area contributed by atoms with E-state index in [1.54, 1.807) is 6.20 Å². The molecule has 3 heterocycles. The summed E-state index contributed by atoms with van der Waals surface area (Å²) in [5.74, 6) is -0.802. The van der Waals surface area contributed by atoms with Gasteiger partial charge in [0.05, 0.1) is 11.2 Å². The number of nitrogens with one attached hydrogen (secondary N) is 1. The Balaban J connectivity index is 1.49. The minimum Gasteiger partial charge on any atom is -0.460 e. The Kier molecular flexibility index (Phi) is 7.88. The van der Waals surface area contributed by atoms with Crippen molar-refractivity contribution in [1.29, 1.82) is 0 Å². The molecule has 0 aliphatic carbocycles. The van der Waals surface area contributed by atoms with Gasteiger partial charge in [-0.3, -0.25) is 9.59 Å². The average Bonchev–Trinajstić information content (AvgIpc) is 3.33. The molecular weight excluding hydrogens is 555 g/mol. The zero-order valence-electron chi connectivity index (χ0n) is 18.8. The van der Waals surface area contributed by atoms with Gasteiger partial charge in [-0.15, -0.1) is 11.8 Å². The van der Waals surface area contributed by atoms with Gasteiger partial charge in [0, 0.05) is 25.2 Å². The van der Waals surface area contributed by atoms with Crippen LogP contribution in [0.4, 0.5) is 0 Å². The number of hydrogen-bond donors (Lipinski definition) is 1. The molecule has 35 heavy (non-hydrogen) atoms. The molecular formula is C22H23Cl3N4O4S2. The Hall–Kier alpha value is -1.59. The summed E-state index contributed by atoms with van der Waals surface area (Å²) in [6.07, 6.45) is 3.67. The standard InChI is InChI=1S/C22H23Cl3N4O4S2/c1-21(12-34-20-26-8-9-28(20)2)16(19(32)33-11-22(23,24)25)29-17(31)15(18(29)35-21)27-14(30)10-13-6-4-3-5-7-13/h3-9,15-16,18H,10-12H2,1-2H3,(H,27,30)/t15?,16?,18-,21?/m0/s1. The van der Waals surface area contributed by atoms with Crippen molar-refractivity contribution in [2.45, 2.75) is 44.5 Å². The molecule has 2 fully saturated rings. The van der Waals surface area contributed by atoms with Crippen LogP contribution in [0.3, 0.4) is 0 Å². The second-order valence-electron chi connectivity index (χ2n) is 8.51. The van der Waals surface area contributed by atoms with E-state index in [0.717, 1.165) is 10.7 Å². The first-order valence-electron chi connectivity index (χ1n) is 10.7. The molecule has 2 amide bonds. The lowest BCUT2D eigenvalue weighted by Crippen LogP contribution is -2.71. The molecule has 2 aliphatic heterocycles. The number of carbonyl (C=O) groups is 3. The highest BCUT2D eigenvalue weighted by molar-refractivity contribution is 8.04. The molecule has 2 aromatic rings. The molecule has 13 heteroatoms. The van der Waals surface area contributed by atoms with Crippen LogP contribution in [-0.2, 0) is 32.6 Å². The van der Waals surface area contributed by atoms with E-state index in [4.69, 9.17) is 39.5 Å². The number of alkyl halides is 3. The van der Waals surface area contributed by atoms with Crippen molar-refractivity contribution in [3.05, 3.63) is 48.3 Å². The molecule has 0 bridgehead atoms. The molecule has 0 saturated carbocycles. The highest BCUT2D eigenvalue weighted by Crippen LogP contribution is 2.53. The summed E-state index contributed by atoms with van der Waals surface area (Å²) in [6, 6.07) is 7.62. The molecule has 0 radical (unpaired) electrons. The van der Waals surface area contributed by atoms with Crippen LogP contribution in [0.5, 0.6) is 0 Å². The van der Waals surface area contributed by atoms with Gasteiger partial charge in [-0.2, -0.15) is 0 Å². The Morgan fingerprint density at radius 2 is 2.00 bits per heavy atom. The summed E-state index contributed by atoms with van der Waals surface area (Å²) in [5.41, 5.74) is 0.845. The first-order valence-corrected chi connectivity index (χ1v) is 13.7. The zero-order valence-corrected chi connectivity index (χ0v) is 22.7. The number of β-lactam (4-membered cyclic amide) rings is 1. The quantitative estimate of drug-likeness (QED) is 0.223. The van der Waals surface area contributed by atoms with Crippen LogP contribution in [-0.4, -0.2) is 70.6 Å². The van der Waals surface area contributed by atoms with Crippen molar-refractivity contribution in [3.8, 4) is 0 Å². The second kappa shape index (κ2) is 10.4. The number of rotatable bonds is 8. The molecule has 8 nitrogen and oxygen atoms in total. The maximum absolute atomic E-state index is 13.1. The molecule has 3 unspecified atom stereocenters. The number of halogens is 3. The summed E-state index contributed by atoms with van der Waals surface area (Å²) < 4.78 is 4.65. The van der Waals surface area contributed by atoms with Gasteiger partial charge in [0.25, 0.3) is 0 Å². The van der Waals surface area contributed by atoms with Gasteiger partial charge >= 0.3 is 5.97 Å². The molecule has 2 saturated heterocycles. The van der Waals surface area contributed by atoms with E-state index in [1.807, 2.05) is 55.1 Å². The van der Waals surface area contributed by atoms with E-state index in [0.29, 0.717) is 5.75 Å². The first-order chi connectivity index (χ1) is 16.5. The van der Waals surface area contributed by atoms with Gasteiger partial charge in [-0.25, -0.2) is 9.78 Å². The zero-order chi connectivity index (χ0) is 25.4. The summed E-state index contributed by atoms with van der Waals surface area (Å²) in [4.78, 5) is 44.6. The number of aromatic nitrogens is 2. The fourth-order valence-electron chi connectivity index (χ4n) is 4.07. The molecule has 0 spiro atoms. The number of carbonyl (C=O) groups excluding carboxylic acids is 3. The molecule has 2 aliphatic rings. The smallest absolute Gasteiger partial charge is 0.330 e. The Morgan fingerprint density at radius 1 is 1.29 bits per heavy atom. The van der Waals surface area contributed by atoms with Gasteiger partial charge < -0.3 is 19.5 Å². The molecule has 4 rings (SSSR count). The Bertz CT molecular complexity index is 1110. The molecule has 1 aromatic heterocycles. The van der Waals surface area contributed by atoms with Crippen LogP contribution >= 0.6 is 58.3 Å². The van der Waals surface area contributed by atoms with E-state index in [9.17, 15) is 14.4 Å². The Morgan fingerprint density at radius 3 is 2.63 bits per heavy atom. The minimum atomic E-state index is -1.77. The lowest BCUT2D eigenvalue weighted by molar-refractivity contribution is -0.164. The summed E-state index contributed by atoms with van der Waals surface area (Å²) in [6.45, 7) is 1.45. The van der Waals surface area contributed by atoms with Gasteiger partial charge in [0.2, 0.25) is 15.6 Å². The number of imidazole rings is 1. The molecule has 4 atom stereocenters. The number of amides is 2. The highest BCUT2D eigenvalue weighted by atomic mass is 35.6. The second-order valence-corrected chi connectivity index (χ2v) is 13.6. The largest absolute Gasteiger partial charge is 0.460 e. The number of benzene rings is 1. The lowest BCUT2D eigenvalue weighted by Gasteiger charge is -2.44. The predicted octanol–water partition coefficient (Wildman–Crippen LogP) is 3.20.